The Morgan fingerprint density at radius 2 is 0.983 bits per heavy atom. The molecule has 0 atom stereocenters. The Kier molecular flexibility index (Phi) is 8.00. The lowest BCUT2D eigenvalue weighted by Crippen LogP contribution is -2.10. The highest BCUT2D eigenvalue weighted by Crippen LogP contribution is 2.43. The Balaban J connectivity index is 0.905. The first-order chi connectivity index (χ1) is 29.7. The summed E-state index contributed by atoms with van der Waals surface area (Å²) < 4.78 is 15.3. The molecule has 282 valence electrons. The summed E-state index contributed by atoms with van der Waals surface area (Å²) in [5, 5.41) is 4.67. The van der Waals surface area contributed by atoms with Gasteiger partial charge in [0, 0.05) is 59.6 Å². The van der Waals surface area contributed by atoms with Gasteiger partial charge in [0.25, 0.3) is 0 Å². The van der Waals surface area contributed by atoms with E-state index < -0.39 is 0 Å². The van der Waals surface area contributed by atoms with Gasteiger partial charge in [-0.15, -0.1) is 11.3 Å². The van der Waals surface area contributed by atoms with Crippen LogP contribution in [0.1, 0.15) is 0 Å². The van der Waals surface area contributed by atoms with Gasteiger partial charge < -0.3 is 13.7 Å². The Hall–Kier alpha value is -7.73. The SMILES string of the molecule is c1ccc(-c2cccc(N(c3ccc(-c4ccc5c(c4)oc4cc6nc(-c7ccccc7)oc6cc45)cc3)c3ccc(-c4cccc5c4sc4ccccc45)cc3)c2)cc1. The minimum absolute atomic E-state index is 0.605. The second kappa shape index (κ2) is 14.0. The zero-order chi connectivity index (χ0) is 39.6. The van der Waals surface area contributed by atoms with E-state index in [0.29, 0.717) is 5.89 Å². The highest BCUT2D eigenvalue weighted by Gasteiger charge is 2.18. The van der Waals surface area contributed by atoms with Crippen molar-refractivity contribution in [3.8, 4) is 44.8 Å². The molecule has 5 heteroatoms. The molecule has 0 spiro atoms. The highest BCUT2D eigenvalue weighted by molar-refractivity contribution is 7.26. The van der Waals surface area contributed by atoms with Crippen molar-refractivity contribution in [1.82, 2.24) is 4.98 Å². The first kappa shape index (κ1) is 34.3. The minimum atomic E-state index is 0.605. The lowest BCUT2D eigenvalue weighted by Gasteiger charge is -2.26. The van der Waals surface area contributed by atoms with Crippen molar-refractivity contribution in [1.29, 1.82) is 0 Å². The van der Waals surface area contributed by atoms with Crippen molar-refractivity contribution in [3.05, 3.63) is 206 Å². The third kappa shape index (κ3) is 5.86. The molecule has 0 fully saturated rings. The molecule has 4 nitrogen and oxygen atoms in total. The standard InChI is InChI=1S/C55H34N2O2S/c1-3-11-35(12-4-1)39-15-9-16-43(31-39)57(42-28-23-37(24-29-42)44-18-10-19-47-46-17-7-8-20-53(46)60-54(44)47)41-26-21-36(22-27-41)40-25-30-45-48-33-52-49(34-51(48)58-50(45)32-40)56-55(59-52)38-13-5-2-6-14-38/h1-34H. The van der Waals surface area contributed by atoms with Crippen molar-refractivity contribution < 1.29 is 8.83 Å². The van der Waals surface area contributed by atoms with Gasteiger partial charge >= 0.3 is 0 Å². The second-order valence-corrected chi connectivity index (χ2v) is 16.2. The molecular formula is C55H34N2O2S. The first-order valence-corrected chi connectivity index (χ1v) is 20.9. The summed E-state index contributed by atoms with van der Waals surface area (Å²) in [4.78, 5) is 7.10. The number of thiophene rings is 1. The molecular weight excluding hydrogens is 753 g/mol. The lowest BCUT2D eigenvalue weighted by molar-refractivity contribution is 0.620. The number of anilines is 3. The van der Waals surface area contributed by atoms with Crippen molar-refractivity contribution in [3.63, 3.8) is 0 Å². The Labute approximate surface area is 349 Å². The van der Waals surface area contributed by atoms with Crippen molar-refractivity contribution in [2.24, 2.45) is 0 Å². The minimum Gasteiger partial charge on any atom is -0.456 e. The monoisotopic (exact) mass is 786 g/mol. The number of fused-ring (bicyclic) bond motifs is 7. The number of hydrogen-bond donors (Lipinski definition) is 0. The average Bonchev–Trinajstić information content (AvgIpc) is 4.02. The molecule has 0 N–H and O–H groups in total. The van der Waals surface area contributed by atoms with Crippen LogP contribution >= 0.6 is 11.3 Å². The molecule has 60 heavy (non-hydrogen) atoms. The van der Waals surface area contributed by atoms with Crippen LogP contribution in [0.4, 0.5) is 17.1 Å². The van der Waals surface area contributed by atoms with Gasteiger partial charge in [-0.05, 0) is 106 Å². The van der Waals surface area contributed by atoms with Gasteiger partial charge in [0.05, 0.1) is 0 Å². The predicted octanol–water partition coefficient (Wildman–Crippen LogP) is 16.2. The zero-order valence-electron chi connectivity index (χ0n) is 32.2. The second-order valence-electron chi connectivity index (χ2n) is 15.1. The summed E-state index contributed by atoms with van der Waals surface area (Å²) in [6.45, 7) is 0. The van der Waals surface area contributed by atoms with Crippen LogP contribution in [0.3, 0.4) is 0 Å². The number of furan rings is 1. The number of aromatic nitrogens is 1. The van der Waals surface area contributed by atoms with Crippen LogP contribution in [0.5, 0.6) is 0 Å². The maximum atomic E-state index is 6.45. The maximum absolute atomic E-state index is 6.45. The van der Waals surface area contributed by atoms with E-state index in [-0.39, 0.29) is 0 Å². The number of benzene rings is 9. The third-order valence-corrected chi connectivity index (χ3v) is 12.7. The van der Waals surface area contributed by atoms with Crippen LogP contribution in [0.2, 0.25) is 0 Å². The number of rotatable bonds is 7. The Bertz CT molecular complexity index is 3530. The van der Waals surface area contributed by atoms with E-state index in [0.717, 1.165) is 66.8 Å². The molecule has 0 aliphatic heterocycles. The van der Waals surface area contributed by atoms with E-state index in [1.165, 1.54) is 42.4 Å². The molecule has 0 amide bonds. The molecule has 0 aliphatic carbocycles. The summed E-state index contributed by atoms with van der Waals surface area (Å²) >= 11 is 1.87. The molecule has 3 heterocycles. The van der Waals surface area contributed by atoms with Gasteiger partial charge in [-0.3, -0.25) is 0 Å². The smallest absolute Gasteiger partial charge is 0.227 e. The van der Waals surface area contributed by atoms with Crippen LogP contribution < -0.4 is 4.90 Å². The van der Waals surface area contributed by atoms with Crippen LogP contribution in [0.25, 0.3) is 98.0 Å². The van der Waals surface area contributed by atoms with Gasteiger partial charge in [-0.25, -0.2) is 4.98 Å². The number of nitrogens with zero attached hydrogens (tertiary/aromatic N) is 2. The summed E-state index contributed by atoms with van der Waals surface area (Å²) in [6, 6.07) is 73.0. The van der Waals surface area contributed by atoms with Crippen LogP contribution in [0, 0.1) is 0 Å². The average molecular weight is 787 g/mol. The molecule has 0 saturated carbocycles. The van der Waals surface area contributed by atoms with Crippen molar-refractivity contribution >= 4 is 81.6 Å². The van der Waals surface area contributed by atoms with Gasteiger partial charge in [0.1, 0.15) is 16.7 Å². The van der Waals surface area contributed by atoms with Gasteiger partial charge in [0.2, 0.25) is 5.89 Å². The Morgan fingerprint density at radius 3 is 1.78 bits per heavy atom. The van der Waals surface area contributed by atoms with E-state index >= 15 is 0 Å². The maximum Gasteiger partial charge on any atom is 0.227 e. The summed E-state index contributed by atoms with van der Waals surface area (Å²) in [5.74, 6) is 0.605. The first-order valence-electron chi connectivity index (χ1n) is 20.1. The zero-order valence-corrected chi connectivity index (χ0v) is 33.1. The number of hydrogen-bond acceptors (Lipinski definition) is 5. The summed E-state index contributed by atoms with van der Waals surface area (Å²) in [5.41, 5.74) is 14.3. The molecule has 0 unspecified atom stereocenters. The molecule has 0 aliphatic rings. The topological polar surface area (TPSA) is 42.4 Å². The molecule has 0 saturated heterocycles. The fourth-order valence-electron chi connectivity index (χ4n) is 8.55. The van der Waals surface area contributed by atoms with E-state index in [1.807, 2.05) is 53.8 Å². The largest absolute Gasteiger partial charge is 0.456 e. The quantitative estimate of drug-likeness (QED) is 0.161. The molecule has 12 rings (SSSR count). The lowest BCUT2D eigenvalue weighted by atomic mass is 10.0. The number of oxazole rings is 1. The fourth-order valence-corrected chi connectivity index (χ4v) is 9.79. The van der Waals surface area contributed by atoms with Gasteiger partial charge in [-0.1, -0.05) is 127 Å². The van der Waals surface area contributed by atoms with Crippen LogP contribution in [-0.4, -0.2) is 4.98 Å². The van der Waals surface area contributed by atoms with Crippen LogP contribution in [0.15, 0.2) is 215 Å². The molecule has 0 bridgehead atoms. The molecule has 0 radical (unpaired) electrons. The van der Waals surface area contributed by atoms with Crippen LogP contribution in [-0.2, 0) is 0 Å². The van der Waals surface area contributed by atoms with Gasteiger partial charge in [-0.2, -0.15) is 0 Å². The normalized spacial score (nSPS) is 11.7. The van der Waals surface area contributed by atoms with E-state index in [4.69, 9.17) is 13.8 Å². The van der Waals surface area contributed by atoms with E-state index in [1.54, 1.807) is 0 Å². The Morgan fingerprint density at radius 1 is 0.367 bits per heavy atom. The predicted molar refractivity (Wildman–Crippen MR) is 251 cm³/mol. The third-order valence-electron chi connectivity index (χ3n) is 11.5. The fraction of sp³-hybridized carbons (Fsp3) is 0. The van der Waals surface area contributed by atoms with E-state index in [2.05, 4.69) is 169 Å². The molecule has 9 aromatic carbocycles. The molecule has 3 aromatic heterocycles. The van der Waals surface area contributed by atoms with E-state index in [9.17, 15) is 0 Å². The van der Waals surface area contributed by atoms with Crippen molar-refractivity contribution in [2.45, 2.75) is 0 Å². The van der Waals surface area contributed by atoms with Gasteiger partial charge in [0.15, 0.2) is 5.58 Å². The molecule has 12 aromatic rings. The highest BCUT2D eigenvalue weighted by atomic mass is 32.1. The summed E-state index contributed by atoms with van der Waals surface area (Å²) in [7, 11) is 0. The summed E-state index contributed by atoms with van der Waals surface area (Å²) in [6.07, 6.45) is 0. The van der Waals surface area contributed by atoms with Crippen molar-refractivity contribution in [2.75, 3.05) is 4.90 Å².